The Morgan fingerprint density at radius 1 is 0.740 bits per heavy atom. The zero-order chi connectivity index (χ0) is 35.9. The van der Waals surface area contributed by atoms with Crippen LogP contribution in [0.3, 0.4) is 0 Å². The first-order chi connectivity index (χ1) is 24.1. The molecule has 6 rings (SSSR count). The molecule has 2 aromatic carbocycles. The van der Waals surface area contributed by atoms with E-state index in [4.69, 9.17) is 5.73 Å². The molecule has 2 aromatic rings. The van der Waals surface area contributed by atoms with Gasteiger partial charge in [0, 0.05) is 81.8 Å². The lowest BCUT2D eigenvalue weighted by atomic mass is 9.89. The molecular weight excluding hydrogens is 628 g/mol. The van der Waals surface area contributed by atoms with Crippen molar-refractivity contribution in [2.75, 3.05) is 58.1 Å². The third kappa shape index (κ3) is 8.34. The predicted molar refractivity (Wildman–Crippen MR) is 200 cm³/mol. The normalized spacial score (nSPS) is 27.8. The highest BCUT2D eigenvalue weighted by atomic mass is 16.6. The molecule has 2 heterocycles. The van der Waals surface area contributed by atoms with Gasteiger partial charge in [0.05, 0.1) is 4.92 Å². The average molecular weight is 689 g/mol. The minimum absolute atomic E-state index is 0.0452. The summed E-state index contributed by atoms with van der Waals surface area (Å²) in [4.78, 5) is 38.9. The third-order valence-electron chi connectivity index (χ3n) is 12.2. The minimum atomic E-state index is -0.339. The maximum Gasteiger partial charge on any atom is 0.269 e. The zero-order valence-corrected chi connectivity index (χ0v) is 30.8. The smallest absolute Gasteiger partial charge is 0.269 e. The van der Waals surface area contributed by atoms with E-state index in [1.807, 2.05) is 18.2 Å². The topological polar surface area (TPSA) is 134 Å². The zero-order valence-electron chi connectivity index (χ0n) is 30.8. The lowest BCUT2D eigenvalue weighted by Gasteiger charge is -2.27. The second kappa shape index (κ2) is 16.7. The molecule has 274 valence electrons. The number of nitrogens with two attached hydrogens (primary N) is 1. The first-order valence-electron chi connectivity index (χ1n) is 19.1. The second-order valence-corrected chi connectivity index (χ2v) is 15.4. The molecule has 0 bridgehead atoms. The Labute approximate surface area is 299 Å². The summed E-state index contributed by atoms with van der Waals surface area (Å²) in [6, 6.07) is 15.2. The van der Waals surface area contributed by atoms with Gasteiger partial charge in [-0.3, -0.25) is 19.7 Å². The van der Waals surface area contributed by atoms with Crippen LogP contribution in [0.1, 0.15) is 90.2 Å². The number of rotatable bonds is 17. The van der Waals surface area contributed by atoms with E-state index in [9.17, 15) is 19.7 Å². The Morgan fingerprint density at radius 2 is 1.18 bits per heavy atom. The number of amides is 2. The molecule has 2 aliphatic heterocycles. The number of hydrogen-bond donors (Lipinski definition) is 3. The molecule has 0 spiro atoms. The van der Waals surface area contributed by atoms with Crippen molar-refractivity contribution in [3.05, 3.63) is 69.8 Å². The molecule has 0 radical (unpaired) electrons. The number of likely N-dealkylation sites (tertiary alicyclic amines) is 2. The molecule has 50 heavy (non-hydrogen) atoms. The standard InChI is InChI=1S/C20H29N3O3.C20H31N3O/c1-3-4-5-6-10-22-12-18-19(13-22)20(18,14-21-15(2)24)16-8-7-9-17(11-16)23(25)26;1-3-4-5-6-10-23-12-18-19(13-23)20(18,14-22-15(2)24)16-8-7-9-17(21)11-16/h7-9,11,18-19H,3-6,10,12-14H2,1-2H3,(H,21,24);7-9,11,18-19H,3-6,10,12-14,21H2,1-2H3,(H,22,24). The van der Waals surface area contributed by atoms with Gasteiger partial charge in [0.1, 0.15) is 0 Å². The number of nitrogens with zero attached hydrogens (tertiary/aromatic N) is 3. The predicted octanol–water partition coefficient (Wildman–Crippen LogP) is 5.90. The number of non-ortho nitro benzene ring substituents is 1. The van der Waals surface area contributed by atoms with E-state index in [1.54, 1.807) is 19.1 Å². The van der Waals surface area contributed by atoms with Gasteiger partial charge in [-0.25, -0.2) is 0 Å². The van der Waals surface area contributed by atoms with E-state index in [0.29, 0.717) is 30.2 Å². The van der Waals surface area contributed by atoms with Crippen molar-refractivity contribution in [2.24, 2.45) is 23.7 Å². The lowest BCUT2D eigenvalue weighted by molar-refractivity contribution is -0.384. The number of anilines is 1. The number of hydrogen-bond acceptors (Lipinski definition) is 7. The van der Waals surface area contributed by atoms with Crippen LogP contribution >= 0.6 is 0 Å². The summed E-state index contributed by atoms with van der Waals surface area (Å²) in [5, 5.41) is 17.2. The van der Waals surface area contributed by atoms with E-state index in [1.165, 1.54) is 76.5 Å². The highest BCUT2D eigenvalue weighted by molar-refractivity contribution is 5.73. The summed E-state index contributed by atoms with van der Waals surface area (Å²) in [7, 11) is 0. The maximum absolute atomic E-state index is 11.5. The highest BCUT2D eigenvalue weighted by Gasteiger charge is 2.69. The summed E-state index contributed by atoms with van der Waals surface area (Å²) in [5.41, 5.74) is 9.22. The number of fused-ring (bicyclic) bond motifs is 2. The number of unbranched alkanes of at least 4 members (excludes halogenated alkanes) is 6. The van der Waals surface area contributed by atoms with Crippen molar-refractivity contribution in [3.8, 4) is 0 Å². The summed E-state index contributed by atoms with van der Waals surface area (Å²) in [5.74, 6) is 2.26. The molecule has 0 aromatic heterocycles. The van der Waals surface area contributed by atoms with Crippen molar-refractivity contribution in [3.63, 3.8) is 0 Å². The van der Waals surface area contributed by atoms with Crippen molar-refractivity contribution in [1.82, 2.24) is 20.4 Å². The number of benzene rings is 2. The first kappa shape index (κ1) is 37.7. The number of nitrogens with one attached hydrogen (secondary N) is 2. The van der Waals surface area contributed by atoms with E-state index < -0.39 is 0 Å². The molecule has 2 saturated carbocycles. The van der Waals surface area contributed by atoms with Crippen LogP contribution in [-0.2, 0) is 20.4 Å². The van der Waals surface area contributed by atoms with Gasteiger partial charge in [0.15, 0.2) is 0 Å². The summed E-state index contributed by atoms with van der Waals surface area (Å²) < 4.78 is 0. The van der Waals surface area contributed by atoms with E-state index in [2.05, 4.69) is 46.4 Å². The first-order valence-corrected chi connectivity index (χ1v) is 19.1. The van der Waals surface area contributed by atoms with Crippen LogP contribution in [0.25, 0.3) is 0 Å². The lowest BCUT2D eigenvalue weighted by Crippen LogP contribution is -2.38. The van der Waals surface area contributed by atoms with Gasteiger partial charge in [-0.15, -0.1) is 0 Å². The SMILES string of the molecule is CCCCCCN1CC2C(C1)C2(CNC(C)=O)c1cccc(N)c1.CCCCCCN1CC2C(C1)C2(CNC(C)=O)c1cccc([N+](=O)[O-])c1. The van der Waals surface area contributed by atoms with Crippen molar-refractivity contribution in [2.45, 2.75) is 89.9 Å². The number of piperidine rings is 2. The fourth-order valence-electron chi connectivity index (χ4n) is 9.38. The highest BCUT2D eigenvalue weighted by Crippen LogP contribution is 2.64. The molecule has 4 N–H and O–H groups in total. The van der Waals surface area contributed by atoms with Gasteiger partial charge < -0.3 is 26.2 Å². The molecule has 10 heteroatoms. The molecule has 10 nitrogen and oxygen atoms in total. The Hall–Kier alpha value is -3.50. The largest absolute Gasteiger partial charge is 0.399 e. The number of carbonyl (C=O) groups is 2. The fourth-order valence-corrected chi connectivity index (χ4v) is 9.38. The Kier molecular flexibility index (Phi) is 12.6. The van der Waals surface area contributed by atoms with Crippen LogP contribution in [0.5, 0.6) is 0 Å². The molecule has 4 unspecified atom stereocenters. The second-order valence-electron chi connectivity index (χ2n) is 15.4. The van der Waals surface area contributed by atoms with Gasteiger partial charge in [-0.1, -0.05) is 76.6 Å². The molecule has 2 amide bonds. The molecule has 4 aliphatic rings. The molecule has 4 atom stereocenters. The van der Waals surface area contributed by atoms with Crippen LogP contribution in [0.4, 0.5) is 11.4 Å². The van der Waals surface area contributed by atoms with Crippen molar-refractivity contribution >= 4 is 23.2 Å². The average Bonchev–Trinajstić information content (AvgIpc) is 3.65. The van der Waals surface area contributed by atoms with Crippen LogP contribution in [0.15, 0.2) is 48.5 Å². The van der Waals surface area contributed by atoms with Crippen molar-refractivity contribution in [1.29, 1.82) is 0 Å². The number of nitro benzene ring substituents is 1. The third-order valence-corrected chi connectivity index (χ3v) is 12.2. The summed E-state index contributed by atoms with van der Waals surface area (Å²) in [6.07, 6.45) is 10.3. The van der Waals surface area contributed by atoms with Gasteiger partial charge in [0.2, 0.25) is 11.8 Å². The molecule has 2 saturated heterocycles. The Balaban J connectivity index is 0.000000195. The monoisotopic (exact) mass is 688 g/mol. The Bertz CT molecular complexity index is 1460. The fraction of sp³-hybridized carbons (Fsp3) is 0.650. The van der Waals surface area contributed by atoms with Crippen LogP contribution in [-0.4, -0.2) is 78.9 Å². The Morgan fingerprint density at radius 3 is 1.58 bits per heavy atom. The van der Waals surface area contributed by atoms with Crippen LogP contribution in [0.2, 0.25) is 0 Å². The van der Waals surface area contributed by atoms with Gasteiger partial charge in [-0.2, -0.15) is 0 Å². The summed E-state index contributed by atoms with van der Waals surface area (Å²) in [6.45, 7) is 15.7. The van der Waals surface area contributed by atoms with Crippen molar-refractivity contribution < 1.29 is 14.5 Å². The van der Waals surface area contributed by atoms with E-state index in [-0.39, 0.29) is 33.3 Å². The van der Waals surface area contributed by atoms with Crippen LogP contribution in [0, 0.1) is 33.8 Å². The van der Waals surface area contributed by atoms with E-state index in [0.717, 1.165) is 50.5 Å². The summed E-state index contributed by atoms with van der Waals surface area (Å²) >= 11 is 0. The molecular formula is C40H60N6O4. The molecule has 4 fully saturated rings. The van der Waals surface area contributed by atoms with Gasteiger partial charge in [0.25, 0.3) is 5.69 Å². The number of carbonyl (C=O) groups excluding carboxylic acids is 2. The van der Waals surface area contributed by atoms with Gasteiger partial charge in [-0.05, 0) is 72.9 Å². The minimum Gasteiger partial charge on any atom is -0.399 e. The quantitative estimate of drug-likeness (QED) is 0.0817. The van der Waals surface area contributed by atoms with E-state index >= 15 is 0 Å². The number of nitro groups is 1. The molecule has 2 aliphatic carbocycles. The number of nitrogen functional groups attached to an aromatic ring is 1. The maximum atomic E-state index is 11.5. The van der Waals surface area contributed by atoms with Gasteiger partial charge >= 0.3 is 0 Å². The van der Waals surface area contributed by atoms with Crippen LogP contribution < -0.4 is 16.4 Å².